The topological polar surface area (TPSA) is 40.5 Å². The molecular formula is C25H25F6NO2. The Balaban J connectivity index is 1.97. The van der Waals surface area contributed by atoms with Crippen LogP contribution in [0.1, 0.15) is 60.0 Å². The van der Waals surface area contributed by atoms with Crippen LogP contribution in [-0.2, 0) is 17.1 Å². The molecule has 2 aromatic carbocycles. The summed E-state index contributed by atoms with van der Waals surface area (Å²) in [6, 6.07) is 8.84. The second-order valence-corrected chi connectivity index (χ2v) is 8.52. The van der Waals surface area contributed by atoms with E-state index in [-0.39, 0.29) is 18.4 Å². The molecule has 0 bridgehead atoms. The number of halogens is 6. The third kappa shape index (κ3) is 6.20. The number of aliphatic carboxylic acids is 1. The standard InChI is InChI=1S/C25H25F6NO2/c1-2-3-21(17-4-8-19(9-5-17)24(26,27)28)32-13-12-16(15-23(33)34)14-22(32)18-6-10-20(11-7-18)25(29,30)31/h2,4-11,16,21-22H,1,3,12-15H2,(H,33,34). The molecule has 1 aliphatic rings. The fourth-order valence-corrected chi connectivity index (χ4v) is 4.60. The van der Waals surface area contributed by atoms with Gasteiger partial charge in [-0.15, -0.1) is 6.58 Å². The quantitative estimate of drug-likeness (QED) is 0.331. The summed E-state index contributed by atoms with van der Waals surface area (Å²) in [7, 11) is 0. The highest BCUT2D eigenvalue weighted by atomic mass is 19.4. The summed E-state index contributed by atoms with van der Waals surface area (Å²) in [5.41, 5.74) is -0.329. The Kier molecular flexibility index (Phi) is 7.75. The number of alkyl halides is 6. The van der Waals surface area contributed by atoms with Crippen LogP contribution in [0.3, 0.4) is 0 Å². The molecule has 34 heavy (non-hydrogen) atoms. The lowest BCUT2D eigenvalue weighted by Crippen LogP contribution is -2.40. The van der Waals surface area contributed by atoms with Crippen LogP contribution in [0.4, 0.5) is 26.3 Å². The first kappa shape index (κ1) is 25.8. The molecule has 1 saturated heterocycles. The predicted octanol–water partition coefficient (Wildman–Crippen LogP) is 7.27. The Hall–Kier alpha value is -2.81. The average Bonchev–Trinajstić information content (AvgIpc) is 2.76. The molecule has 3 unspecified atom stereocenters. The number of nitrogens with zero attached hydrogens (tertiary/aromatic N) is 1. The van der Waals surface area contributed by atoms with Gasteiger partial charge in [0.05, 0.1) is 11.1 Å². The van der Waals surface area contributed by atoms with Crippen LogP contribution in [0.25, 0.3) is 0 Å². The predicted molar refractivity (Wildman–Crippen MR) is 115 cm³/mol. The van der Waals surface area contributed by atoms with Crippen LogP contribution < -0.4 is 0 Å². The number of piperidine rings is 1. The molecule has 3 rings (SSSR count). The van der Waals surface area contributed by atoms with Gasteiger partial charge in [0.15, 0.2) is 0 Å². The molecule has 0 amide bonds. The fourth-order valence-electron chi connectivity index (χ4n) is 4.60. The Morgan fingerprint density at radius 1 is 1.00 bits per heavy atom. The van der Waals surface area contributed by atoms with Gasteiger partial charge in [0, 0.05) is 18.5 Å². The summed E-state index contributed by atoms with van der Waals surface area (Å²) in [6.45, 7) is 4.21. The molecule has 2 aromatic rings. The first-order chi connectivity index (χ1) is 15.9. The van der Waals surface area contributed by atoms with Gasteiger partial charge in [-0.25, -0.2) is 0 Å². The van der Waals surface area contributed by atoms with Crippen LogP contribution in [0.5, 0.6) is 0 Å². The van der Waals surface area contributed by atoms with Crippen molar-refractivity contribution in [2.45, 2.75) is 50.1 Å². The van der Waals surface area contributed by atoms with Crippen LogP contribution >= 0.6 is 0 Å². The number of likely N-dealkylation sites (tertiary alicyclic amines) is 1. The lowest BCUT2D eigenvalue weighted by atomic mass is 9.83. The number of hydrogen-bond donors (Lipinski definition) is 1. The van der Waals surface area contributed by atoms with Gasteiger partial charge in [-0.1, -0.05) is 30.3 Å². The summed E-state index contributed by atoms with van der Waals surface area (Å²) in [4.78, 5) is 13.3. The van der Waals surface area contributed by atoms with Crippen molar-refractivity contribution < 1.29 is 36.2 Å². The number of carbonyl (C=O) groups is 1. The number of carboxylic acid groups (broad SMARTS) is 1. The van der Waals surface area contributed by atoms with Crippen LogP contribution in [0, 0.1) is 5.92 Å². The van der Waals surface area contributed by atoms with E-state index in [1.165, 1.54) is 24.3 Å². The fraction of sp³-hybridized carbons (Fsp3) is 0.400. The highest BCUT2D eigenvalue weighted by molar-refractivity contribution is 5.67. The van der Waals surface area contributed by atoms with Crippen LogP contribution in [0.15, 0.2) is 61.2 Å². The summed E-state index contributed by atoms with van der Waals surface area (Å²) in [5.74, 6) is -1.12. The smallest absolute Gasteiger partial charge is 0.416 e. The highest BCUT2D eigenvalue weighted by Gasteiger charge is 2.37. The number of carboxylic acids is 1. The van der Waals surface area contributed by atoms with Gasteiger partial charge in [-0.2, -0.15) is 26.3 Å². The van der Waals surface area contributed by atoms with E-state index in [1.807, 2.05) is 4.90 Å². The summed E-state index contributed by atoms with van der Waals surface area (Å²) in [5, 5.41) is 9.23. The zero-order valence-electron chi connectivity index (χ0n) is 18.2. The molecule has 1 aliphatic heterocycles. The minimum Gasteiger partial charge on any atom is -0.481 e. The second kappa shape index (κ2) is 10.2. The molecule has 0 saturated carbocycles. The van der Waals surface area contributed by atoms with E-state index in [9.17, 15) is 36.2 Å². The van der Waals surface area contributed by atoms with Crippen molar-refractivity contribution in [3.63, 3.8) is 0 Å². The number of rotatable bonds is 7. The van der Waals surface area contributed by atoms with E-state index < -0.39 is 35.5 Å². The van der Waals surface area contributed by atoms with Gasteiger partial charge >= 0.3 is 18.3 Å². The lowest BCUT2D eigenvalue weighted by molar-refractivity contribution is -0.139. The van der Waals surface area contributed by atoms with Crippen molar-refractivity contribution in [1.82, 2.24) is 4.90 Å². The molecule has 0 spiro atoms. The molecule has 0 aliphatic carbocycles. The van der Waals surface area contributed by atoms with Gasteiger partial charge in [0.2, 0.25) is 0 Å². The zero-order chi connectivity index (χ0) is 25.1. The van der Waals surface area contributed by atoms with E-state index in [0.29, 0.717) is 36.9 Å². The van der Waals surface area contributed by atoms with Gasteiger partial charge < -0.3 is 5.11 Å². The second-order valence-electron chi connectivity index (χ2n) is 8.52. The van der Waals surface area contributed by atoms with Crippen molar-refractivity contribution in [3.8, 4) is 0 Å². The molecule has 3 nitrogen and oxygen atoms in total. The highest BCUT2D eigenvalue weighted by Crippen LogP contribution is 2.43. The largest absolute Gasteiger partial charge is 0.481 e. The summed E-state index contributed by atoms with van der Waals surface area (Å²) >= 11 is 0. The zero-order valence-corrected chi connectivity index (χ0v) is 18.2. The maximum absolute atomic E-state index is 13.0. The third-order valence-electron chi connectivity index (χ3n) is 6.25. The molecule has 0 aromatic heterocycles. The monoisotopic (exact) mass is 485 g/mol. The minimum atomic E-state index is -4.48. The molecule has 9 heteroatoms. The third-order valence-corrected chi connectivity index (χ3v) is 6.25. The van der Waals surface area contributed by atoms with Gasteiger partial charge in [-0.05, 0) is 67.1 Å². The molecule has 1 N–H and O–H groups in total. The maximum Gasteiger partial charge on any atom is 0.416 e. The maximum atomic E-state index is 13.0. The lowest BCUT2D eigenvalue weighted by Gasteiger charge is -2.44. The first-order valence-corrected chi connectivity index (χ1v) is 10.8. The van der Waals surface area contributed by atoms with Gasteiger partial charge in [-0.3, -0.25) is 9.69 Å². The van der Waals surface area contributed by atoms with Crippen molar-refractivity contribution >= 4 is 5.97 Å². The molecule has 184 valence electrons. The molecular weight excluding hydrogens is 460 g/mol. The number of hydrogen-bond acceptors (Lipinski definition) is 2. The van der Waals surface area contributed by atoms with Crippen molar-refractivity contribution in [2.75, 3.05) is 6.54 Å². The van der Waals surface area contributed by atoms with Gasteiger partial charge in [0.25, 0.3) is 0 Å². The molecule has 1 heterocycles. The SMILES string of the molecule is C=CCC(c1ccc(C(F)(F)F)cc1)N1CCC(CC(=O)O)CC1c1ccc(C(F)(F)F)cc1. The van der Waals surface area contributed by atoms with E-state index in [4.69, 9.17) is 0 Å². The Morgan fingerprint density at radius 2 is 1.53 bits per heavy atom. The van der Waals surface area contributed by atoms with Crippen molar-refractivity contribution in [3.05, 3.63) is 83.4 Å². The van der Waals surface area contributed by atoms with E-state index in [1.54, 1.807) is 6.08 Å². The van der Waals surface area contributed by atoms with Crippen LogP contribution in [0.2, 0.25) is 0 Å². The first-order valence-electron chi connectivity index (χ1n) is 10.8. The summed E-state index contributed by atoms with van der Waals surface area (Å²) < 4.78 is 78.2. The molecule has 3 atom stereocenters. The Labute approximate surface area is 193 Å². The van der Waals surface area contributed by atoms with E-state index in [0.717, 1.165) is 24.3 Å². The Morgan fingerprint density at radius 3 is 2.00 bits per heavy atom. The number of benzene rings is 2. The average molecular weight is 485 g/mol. The van der Waals surface area contributed by atoms with Crippen molar-refractivity contribution in [2.24, 2.45) is 5.92 Å². The normalized spacial score (nSPS) is 20.6. The molecule has 1 fully saturated rings. The summed E-state index contributed by atoms with van der Waals surface area (Å²) in [6.07, 6.45) is -5.99. The van der Waals surface area contributed by atoms with E-state index >= 15 is 0 Å². The Bertz CT molecular complexity index is 982. The van der Waals surface area contributed by atoms with Gasteiger partial charge in [0.1, 0.15) is 0 Å². The van der Waals surface area contributed by atoms with E-state index in [2.05, 4.69) is 6.58 Å². The molecule has 0 radical (unpaired) electrons. The minimum absolute atomic E-state index is 0.0582. The van der Waals surface area contributed by atoms with Crippen molar-refractivity contribution in [1.29, 1.82) is 0 Å². The van der Waals surface area contributed by atoms with Crippen LogP contribution in [-0.4, -0.2) is 22.5 Å².